The molecule has 2 aliphatic rings. The van der Waals surface area contributed by atoms with Crippen LogP contribution in [0, 0.1) is 11.7 Å². The van der Waals surface area contributed by atoms with Crippen LogP contribution < -0.4 is 15.6 Å². The molecule has 4 aromatic heterocycles. The number of nitrogens with one attached hydrogen (secondary N) is 2. The van der Waals surface area contributed by atoms with Gasteiger partial charge in [-0.25, -0.2) is 19.2 Å². The highest BCUT2D eigenvalue weighted by molar-refractivity contribution is 6.33. The van der Waals surface area contributed by atoms with Gasteiger partial charge in [-0.15, -0.1) is 0 Å². The predicted molar refractivity (Wildman–Crippen MR) is 158 cm³/mol. The molecule has 3 N–H and O–H groups in total. The van der Waals surface area contributed by atoms with E-state index >= 15 is 4.39 Å². The van der Waals surface area contributed by atoms with E-state index < -0.39 is 17.2 Å². The Morgan fingerprint density at radius 2 is 2.00 bits per heavy atom. The molecule has 210 valence electrons. The number of carboxylic acid groups (broad SMARTS) is 1. The van der Waals surface area contributed by atoms with Crippen molar-refractivity contribution >= 4 is 61.9 Å². The Labute approximate surface area is 238 Å². The van der Waals surface area contributed by atoms with E-state index in [1.165, 1.54) is 10.8 Å². The number of halogens is 2. The van der Waals surface area contributed by atoms with Gasteiger partial charge in [0.05, 0.1) is 38.1 Å². The summed E-state index contributed by atoms with van der Waals surface area (Å²) in [5.74, 6) is -1.38. The average molecular weight is 576 g/mol. The van der Waals surface area contributed by atoms with E-state index in [0.29, 0.717) is 50.3 Å². The van der Waals surface area contributed by atoms with Crippen LogP contribution in [0.2, 0.25) is 5.02 Å². The number of carbonyl (C=O) groups is 1. The number of carboxylic acids is 1. The number of H-pyrrole nitrogens is 1. The molecule has 0 bridgehead atoms. The van der Waals surface area contributed by atoms with Gasteiger partial charge in [-0.1, -0.05) is 11.6 Å². The summed E-state index contributed by atoms with van der Waals surface area (Å²) in [7, 11) is 5.51. The number of rotatable bonds is 4. The van der Waals surface area contributed by atoms with Crippen LogP contribution in [0.3, 0.4) is 0 Å². The molecular weight excluding hydrogens is 549 g/mol. The van der Waals surface area contributed by atoms with Gasteiger partial charge in [0.25, 0.3) is 0 Å². The molecule has 1 aromatic carbocycles. The van der Waals surface area contributed by atoms with Crippen molar-refractivity contribution in [3.63, 3.8) is 0 Å². The fourth-order valence-corrected chi connectivity index (χ4v) is 6.97. The molecule has 6 heterocycles. The molecule has 0 spiro atoms. The van der Waals surface area contributed by atoms with E-state index in [1.807, 2.05) is 0 Å². The van der Waals surface area contributed by atoms with Gasteiger partial charge in [0, 0.05) is 69.5 Å². The molecule has 2 fully saturated rings. The van der Waals surface area contributed by atoms with E-state index in [9.17, 15) is 14.7 Å². The first kappa shape index (κ1) is 25.7. The maximum Gasteiger partial charge on any atom is 0.341 e. The van der Waals surface area contributed by atoms with Crippen molar-refractivity contribution < 1.29 is 14.3 Å². The Morgan fingerprint density at radius 1 is 1.20 bits per heavy atom. The van der Waals surface area contributed by atoms with Crippen molar-refractivity contribution in [1.82, 2.24) is 24.4 Å². The van der Waals surface area contributed by atoms with Gasteiger partial charge in [-0.05, 0) is 31.5 Å². The molecule has 7 rings (SSSR count). The second-order valence-electron chi connectivity index (χ2n) is 11.0. The predicted octanol–water partition coefficient (Wildman–Crippen LogP) is 4.30. The summed E-state index contributed by atoms with van der Waals surface area (Å²) in [6.07, 6.45) is 5.63. The zero-order chi connectivity index (χ0) is 28.7. The Morgan fingerprint density at radius 3 is 2.76 bits per heavy atom. The number of nitrogens with zero attached hydrogens (tertiary/aromatic N) is 5. The number of hydrogen-bond acceptors (Lipinski definition) is 7. The van der Waals surface area contributed by atoms with Crippen LogP contribution in [0.5, 0.6) is 0 Å². The van der Waals surface area contributed by atoms with Crippen molar-refractivity contribution in [3.8, 4) is 11.1 Å². The normalized spacial score (nSPS) is 19.1. The maximum atomic E-state index is 15.9. The summed E-state index contributed by atoms with van der Waals surface area (Å²) < 4.78 is 17.4. The second kappa shape index (κ2) is 9.15. The number of aromatic carboxylic acids is 1. The summed E-state index contributed by atoms with van der Waals surface area (Å²) in [5, 5.41) is 13.8. The van der Waals surface area contributed by atoms with Gasteiger partial charge in [-0.2, -0.15) is 0 Å². The van der Waals surface area contributed by atoms with Crippen molar-refractivity contribution in [2.75, 3.05) is 43.9 Å². The molecule has 2 saturated heterocycles. The minimum absolute atomic E-state index is 0.00364. The molecule has 0 aliphatic carbocycles. The first-order valence-electron chi connectivity index (χ1n) is 13.4. The van der Waals surface area contributed by atoms with Gasteiger partial charge in [0.1, 0.15) is 16.9 Å². The molecule has 0 saturated carbocycles. The monoisotopic (exact) mass is 575 g/mol. The third-order valence-electron chi connectivity index (χ3n) is 8.61. The molecule has 41 heavy (non-hydrogen) atoms. The Hall–Kier alpha value is -4.22. The Balaban J connectivity index is 1.57. The van der Waals surface area contributed by atoms with Crippen LogP contribution in [0.25, 0.3) is 44.1 Å². The number of benzene rings is 1. The first-order valence-corrected chi connectivity index (χ1v) is 13.7. The number of anilines is 2. The van der Waals surface area contributed by atoms with E-state index in [4.69, 9.17) is 16.6 Å². The third kappa shape index (κ3) is 3.72. The summed E-state index contributed by atoms with van der Waals surface area (Å²) in [6, 6.07) is 3.42. The summed E-state index contributed by atoms with van der Waals surface area (Å²) in [6.45, 7) is 2.61. The lowest BCUT2D eigenvalue weighted by Crippen LogP contribution is -2.35. The number of fused-ring (bicyclic) bond motifs is 5. The second-order valence-corrected chi connectivity index (χ2v) is 11.4. The van der Waals surface area contributed by atoms with Crippen molar-refractivity contribution in [2.24, 2.45) is 13.0 Å². The maximum absolute atomic E-state index is 15.9. The molecular formula is C29H27ClFN7O3. The SMILES string of the molecule is CNc1cc(Cl)c(F)c2c1[nH]c1ncc(-c3cnc4c(c3)c(=O)c(C(=O)O)cn4C)c(N3CC[C@@H]4CN(C)C[C@@H]43)c12. The molecule has 0 amide bonds. The summed E-state index contributed by atoms with van der Waals surface area (Å²) in [4.78, 5) is 42.2. The average Bonchev–Trinajstić information content (AvgIpc) is 3.64. The molecule has 5 aromatic rings. The highest BCUT2D eigenvalue weighted by Crippen LogP contribution is 2.47. The van der Waals surface area contributed by atoms with Crippen molar-refractivity contribution in [2.45, 2.75) is 12.5 Å². The van der Waals surface area contributed by atoms with Gasteiger partial charge in [-0.3, -0.25) is 4.79 Å². The van der Waals surface area contributed by atoms with Crippen molar-refractivity contribution in [3.05, 3.63) is 57.3 Å². The van der Waals surface area contributed by atoms with Gasteiger partial charge in [0.15, 0.2) is 5.82 Å². The molecule has 2 atom stereocenters. The number of aryl methyl sites for hydroxylation is 1. The number of aromatic amines is 1. The number of hydrogen-bond donors (Lipinski definition) is 3. The van der Waals surface area contributed by atoms with E-state index in [-0.39, 0.29) is 22.0 Å². The van der Waals surface area contributed by atoms with Crippen LogP contribution >= 0.6 is 11.6 Å². The molecule has 10 nitrogen and oxygen atoms in total. The molecule has 12 heteroatoms. The first-order chi connectivity index (χ1) is 19.7. The van der Waals surface area contributed by atoms with Gasteiger partial charge < -0.3 is 29.8 Å². The minimum atomic E-state index is -1.30. The molecule has 2 aliphatic heterocycles. The summed E-state index contributed by atoms with van der Waals surface area (Å²) in [5.41, 5.74) is 3.19. The number of likely N-dealkylation sites (N-methyl/N-ethyl adjacent to an activating group) is 1. The van der Waals surface area contributed by atoms with E-state index in [1.54, 1.807) is 38.6 Å². The highest BCUT2D eigenvalue weighted by atomic mass is 35.5. The fraction of sp³-hybridized carbons (Fsp3) is 0.310. The van der Waals surface area contributed by atoms with E-state index in [2.05, 4.69) is 32.1 Å². The van der Waals surface area contributed by atoms with Crippen LogP contribution in [0.15, 0.2) is 35.5 Å². The minimum Gasteiger partial charge on any atom is -0.477 e. The highest BCUT2D eigenvalue weighted by Gasteiger charge is 2.42. The van der Waals surface area contributed by atoms with Crippen molar-refractivity contribution in [1.29, 1.82) is 0 Å². The largest absolute Gasteiger partial charge is 0.477 e. The summed E-state index contributed by atoms with van der Waals surface area (Å²) >= 11 is 6.38. The molecule has 0 unspecified atom stereocenters. The van der Waals surface area contributed by atoms with E-state index in [0.717, 1.165) is 31.7 Å². The third-order valence-corrected chi connectivity index (χ3v) is 8.88. The van der Waals surface area contributed by atoms with Crippen LogP contribution in [0.4, 0.5) is 15.8 Å². The lowest BCUT2D eigenvalue weighted by Gasteiger charge is -2.29. The molecule has 0 radical (unpaired) electrons. The lowest BCUT2D eigenvalue weighted by molar-refractivity contribution is 0.0695. The van der Waals surface area contributed by atoms with Gasteiger partial charge >= 0.3 is 5.97 Å². The Bertz CT molecular complexity index is 1990. The van der Waals surface area contributed by atoms with Crippen LogP contribution in [-0.4, -0.2) is 75.3 Å². The Kier molecular flexibility index (Phi) is 5.74. The van der Waals surface area contributed by atoms with Crippen LogP contribution in [0.1, 0.15) is 16.8 Å². The number of pyridine rings is 3. The topological polar surface area (TPSA) is 119 Å². The zero-order valence-electron chi connectivity index (χ0n) is 22.6. The number of aromatic nitrogens is 4. The van der Waals surface area contributed by atoms with Crippen LogP contribution in [-0.2, 0) is 7.05 Å². The number of likely N-dealkylation sites (tertiary alicyclic amines) is 1. The van der Waals surface area contributed by atoms with Gasteiger partial charge in [0.2, 0.25) is 5.43 Å². The zero-order valence-corrected chi connectivity index (χ0v) is 23.4. The fourth-order valence-electron chi connectivity index (χ4n) is 6.76. The lowest BCUT2D eigenvalue weighted by atomic mass is 9.99. The quantitative estimate of drug-likeness (QED) is 0.290. The standard InChI is InChI=1S/C29H27ClFN7O3/c1-32-19-7-18(30)23(31)21-22-25(38-5-4-13-10-36(2)12-20(13)38)16(9-33-27(22)35-24(19)21)14-6-15-26(39)17(29(40)41)11-37(3)28(15)34-8-14/h6-9,11,13,20,32H,4-5,10,12H2,1-3H3,(H,33,35)(H,40,41)/t13-,20+/m1/s1. The smallest absolute Gasteiger partial charge is 0.341 e.